The van der Waals surface area contributed by atoms with E-state index in [2.05, 4.69) is 42.1 Å². The Morgan fingerprint density at radius 3 is 2.35 bits per heavy atom. The highest BCUT2D eigenvalue weighted by Gasteiger charge is 2.10. The molecule has 0 aliphatic carbocycles. The van der Waals surface area contributed by atoms with Gasteiger partial charge in [-0.15, -0.1) is 0 Å². The summed E-state index contributed by atoms with van der Waals surface area (Å²) in [6.45, 7) is 4.33. The Labute approximate surface area is 142 Å². The third-order valence-corrected chi connectivity index (χ3v) is 4.71. The summed E-state index contributed by atoms with van der Waals surface area (Å²) in [5.74, 6) is 0.873. The number of thiophene rings is 1. The molecule has 0 amide bonds. The van der Waals surface area contributed by atoms with E-state index in [1.807, 2.05) is 42.5 Å². The van der Waals surface area contributed by atoms with Gasteiger partial charge >= 0.3 is 0 Å². The van der Waals surface area contributed by atoms with Gasteiger partial charge in [0, 0.05) is 16.5 Å². The minimum Gasteiger partial charge on any atom is -0.546 e. The van der Waals surface area contributed by atoms with Crippen LogP contribution in [0.2, 0.25) is 13.1 Å². The van der Waals surface area contributed by atoms with Gasteiger partial charge in [-0.25, -0.2) is 4.99 Å². The van der Waals surface area contributed by atoms with Gasteiger partial charge in [-0.2, -0.15) is 11.3 Å². The van der Waals surface area contributed by atoms with Gasteiger partial charge in [-0.1, -0.05) is 42.5 Å². The molecule has 3 rings (SSSR count). The first-order chi connectivity index (χ1) is 11.2. The minimum absolute atomic E-state index is 0.873. The van der Waals surface area contributed by atoms with E-state index in [0.29, 0.717) is 0 Å². The second-order valence-corrected chi connectivity index (χ2v) is 8.59. The summed E-state index contributed by atoms with van der Waals surface area (Å²) in [6, 6.07) is 20.4. The molecule has 2 nitrogen and oxygen atoms in total. The van der Waals surface area contributed by atoms with E-state index < -0.39 is 9.04 Å². The maximum absolute atomic E-state index is 6.03. The number of aliphatic imine (C=N–C) groups is 1. The van der Waals surface area contributed by atoms with E-state index in [4.69, 9.17) is 9.42 Å². The molecule has 0 bridgehead atoms. The summed E-state index contributed by atoms with van der Waals surface area (Å²) in [6.07, 6.45) is 0. The van der Waals surface area contributed by atoms with Crippen LogP contribution in [0.3, 0.4) is 0 Å². The first-order valence-electron chi connectivity index (χ1n) is 7.66. The van der Waals surface area contributed by atoms with E-state index in [0.717, 1.165) is 28.3 Å². The number of hydrogen-bond donors (Lipinski definition) is 0. The van der Waals surface area contributed by atoms with Crippen LogP contribution >= 0.6 is 11.3 Å². The highest BCUT2D eigenvalue weighted by Crippen LogP contribution is 2.29. The lowest BCUT2D eigenvalue weighted by Gasteiger charge is -2.13. The molecule has 0 spiro atoms. The van der Waals surface area contributed by atoms with E-state index >= 15 is 0 Å². The predicted molar refractivity (Wildman–Crippen MR) is 102 cm³/mol. The second kappa shape index (κ2) is 7.40. The average Bonchev–Trinajstić information content (AvgIpc) is 3.08. The van der Waals surface area contributed by atoms with Crippen molar-refractivity contribution in [3.05, 3.63) is 82.6 Å². The van der Waals surface area contributed by atoms with Crippen LogP contribution in [0.15, 0.2) is 76.4 Å². The van der Waals surface area contributed by atoms with Crippen LogP contribution in [0.25, 0.3) is 0 Å². The average molecular weight is 338 g/mol. The van der Waals surface area contributed by atoms with Crippen LogP contribution in [-0.2, 0) is 0 Å². The van der Waals surface area contributed by atoms with Crippen molar-refractivity contribution in [3.63, 3.8) is 0 Å². The summed E-state index contributed by atoms with van der Waals surface area (Å²) in [5.41, 5.74) is 4.12. The van der Waals surface area contributed by atoms with Crippen LogP contribution in [0.1, 0.15) is 11.1 Å². The zero-order chi connectivity index (χ0) is 16.1. The molecule has 0 fully saturated rings. The van der Waals surface area contributed by atoms with Crippen LogP contribution in [0, 0.1) is 0 Å². The quantitative estimate of drug-likeness (QED) is 0.458. The van der Waals surface area contributed by atoms with Crippen molar-refractivity contribution in [2.45, 2.75) is 13.1 Å². The monoisotopic (exact) mass is 337 g/mol. The molecule has 0 saturated heterocycles. The first kappa shape index (κ1) is 15.7. The molecular weight excluding hydrogens is 318 g/mol. The third kappa shape index (κ3) is 3.97. The van der Waals surface area contributed by atoms with E-state index in [1.54, 1.807) is 11.3 Å². The van der Waals surface area contributed by atoms with Gasteiger partial charge < -0.3 is 4.43 Å². The van der Waals surface area contributed by atoms with Gasteiger partial charge in [0.25, 0.3) is 0 Å². The molecule has 0 atom stereocenters. The van der Waals surface area contributed by atoms with Gasteiger partial charge in [0.1, 0.15) is 11.4 Å². The van der Waals surface area contributed by atoms with Crippen LogP contribution in [0.4, 0.5) is 5.69 Å². The normalized spacial score (nSPS) is 11.7. The highest BCUT2D eigenvalue weighted by molar-refractivity contribution is 7.08. The number of para-hydroxylation sites is 2. The van der Waals surface area contributed by atoms with E-state index in [9.17, 15) is 0 Å². The molecule has 2 aromatic carbocycles. The summed E-state index contributed by atoms with van der Waals surface area (Å²) < 4.78 is 6.03. The molecule has 0 aliphatic heterocycles. The fourth-order valence-electron chi connectivity index (χ4n) is 2.31. The fourth-order valence-corrected chi connectivity index (χ4v) is 3.66. The van der Waals surface area contributed by atoms with Crippen molar-refractivity contribution >= 4 is 31.8 Å². The number of rotatable bonds is 5. The minimum atomic E-state index is -1.17. The Hall–Kier alpha value is -2.17. The molecule has 0 N–H and O–H groups in total. The number of benzene rings is 2. The van der Waals surface area contributed by atoms with Crippen molar-refractivity contribution in [2.75, 3.05) is 0 Å². The number of nitrogens with zero attached hydrogens (tertiary/aromatic N) is 1. The topological polar surface area (TPSA) is 21.6 Å². The van der Waals surface area contributed by atoms with Crippen LogP contribution in [-0.4, -0.2) is 14.8 Å². The Morgan fingerprint density at radius 2 is 1.65 bits per heavy atom. The molecule has 4 heteroatoms. The van der Waals surface area contributed by atoms with Gasteiger partial charge in [0.05, 0.1) is 5.71 Å². The number of hydrogen-bond acceptors (Lipinski definition) is 3. The van der Waals surface area contributed by atoms with E-state index in [1.165, 1.54) is 0 Å². The lowest BCUT2D eigenvalue weighted by atomic mass is 10.1. The molecule has 116 valence electrons. The van der Waals surface area contributed by atoms with Crippen molar-refractivity contribution in [1.82, 2.24) is 0 Å². The Balaban J connectivity index is 2.09. The van der Waals surface area contributed by atoms with Gasteiger partial charge in [0.15, 0.2) is 0 Å². The summed E-state index contributed by atoms with van der Waals surface area (Å²) >= 11 is 1.68. The molecule has 23 heavy (non-hydrogen) atoms. The van der Waals surface area contributed by atoms with Gasteiger partial charge in [-0.3, -0.25) is 0 Å². The molecule has 3 aromatic rings. The Bertz CT molecular complexity index is 782. The van der Waals surface area contributed by atoms with Crippen LogP contribution < -0.4 is 4.43 Å². The van der Waals surface area contributed by atoms with Crippen molar-refractivity contribution in [2.24, 2.45) is 4.99 Å². The smallest absolute Gasteiger partial charge is 0.229 e. The molecule has 0 saturated carbocycles. The highest BCUT2D eigenvalue weighted by atomic mass is 32.1. The summed E-state index contributed by atoms with van der Waals surface area (Å²) in [4.78, 5) is 4.94. The van der Waals surface area contributed by atoms with Gasteiger partial charge in [0.2, 0.25) is 9.04 Å². The van der Waals surface area contributed by atoms with Crippen molar-refractivity contribution in [1.29, 1.82) is 0 Å². The van der Waals surface area contributed by atoms with Crippen molar-refractivity contribution in [3.8, 4) is 5.75 Å². The van der Waals surface area contributed by atoms with Gasteiger partial charge in [-0.05, 0) is 36.7 Å². The fraction of sp³-hybridized carbons (Fsp3) is 0.105. The molecular formula is C19H19NOSSi. The SMILES string of the molecule is C[SiH](C)Oc1ccccc1N=C(c1ccccc1)c1ccsc1. The molecule has 0 aliphatic rings. The second-order valence-electron chi connectivity index (χ2n) is 5.47. The lowest BCUT2D eigenvalue weighted by molar-refractivity contribution is 0.582. The summed E-state index contributed by atoms with van der Waals surface area (Å²) in [7, 11) is -1.17. The van der Waals surface area contributed by atoms with E-state index in [-0.39, 0.29) is 0 Å². The first-order valence-corrected chi connectivity index (χ1v) is 11.4. The largest absolute Gasteiger partial charge is 0.546 e. The van der Waals surface area contributed by atoms with Crippen molar-refractivity contribution < 1.29 is 4.43 Å². The molecule has 0 radical (unpaired) electrons. The Kier molecular flexibility index (Phi) is 5.05. The predicted octanol–water partition coefficient (Wildman–Crippen LogP) is 5.28. The zero-order valence-corrected chi connectivity index (χ0v) is 15.2. The standard InChI is InChI=1S/C19H19NOSSi/c1-23(2)21-18-11-7-6-10-17(18)20-19(16-12-13-22-14-16)15-8-4-3-5-9-15/h3-14,23H,1-2H3. The zero-order valence-electron chi connectivity index (χ0n) is 13.3. The third-order valence-electron chi connectivity index (χ3n) is 3.30. The molecule has 1 heterocycles. The maximum atomic E-state index is 6.03. The van der Waals surface area contributed by atoms with Crippen LogP contribution in [0.5, 0.6) is 5.75 Å². The summed E-state index contributed by atoms with van der Waals surface area (Å²) in [5, 5.41) is 4.21. The molecule has 0 unspecified atom stereocenters. The Morgan fingerprint density at radius 1 is 0.913 bits per heavy atom. The maximum Gasteiger partial charge on any atom is 0.229 e. The molecule has 1 aromatic heterocycles. The lowest BCUT2D eigenvalue weighted by Crippen LogP contribution is -2.11.